The minimum Gasteiger partial charge on any atom is -0.341 e. The van der Waals surface area contributed by atoms with Crippen molar-refractivity contribution in [3.8, 4) is 0 Å². The van der Waals surface area contributed by atoms with Crippen molar-refractivity contribution >= 4 is 5.91 Å². The minimum atomic E-state index is 0.182. The fourth-order valence-electron chi connectivity index (χ4n) is 1.60. The van der Waals surface area contributed by atoms with Gasteiger partial charge in [0.1, 0.15) is 0 Å². The molecule has 1 rings (SSSR count). The Balaban J connectivity index is 2.32. The third-order valence-electron chi connectivity index (χ3n) is 2.58. The van der Waals surface area contributed by atoms with Crippen LogP contribution in [-0.4, -0.2) is 30.4 Å². The first-order valence-electron chi connectivity index (χ1n) is 6.11. The molecule has 0 unspecified atom stereocenters. The van der Waals surface area contributed by atoms with Gasteiger partial charge in [-0.05, 0) is 5.56 Å². The van der Waals surface area contributed by atoms with Crippen LogP contribution in [0.3, 0.4) is 0 Å². The molecule has 1 aromatic carbocycles. The summed E-state index contributed by atoms with van der Waals surface area (Å²) in [5.74, 6) is 0.182. The van der Waals surface area contributed by atoms with Gasteiger partial charge in [0.15, 0.2) is 0 Å². The highest BCUT2D eigenvalue weighted by molar-refractivity contribution is 5.76. The summed E-state index contributed by atoms with van der Waals surface area (Å²) in [6, 6.07) is 10.5. The Hall–Kier alpha value is -1.35. The molecule has 3 nitrogen and oxygen atoms in total. The molecule has 3 heteroatoms. The monoisotopic (exact) mass is 234 g/mol. The van der Waals surface area contributed by atoms with Gasteiger partial charge < -0.3 is 10.2 Å². The molecule has 0 spiro atoms. The SMILES string of the molecule is CC(C)NCCC(=O)N(C)Cc1ccccc1. The van der Waals surface area contributed by atoms with Gasteiger partial charge in [0.25, 0.3) is 0 Å². The van der Waals surface area contributed by atoms with Crippen molar-refractivity contribution in [3.63, 3.8) is 0 Å². The Kier molecular flexibility index (Phi) is 5.70. The second-order valence-corrected chi connectivity index (χ2v) is 4.59. The molecule has 94 valence electrons. The largest absolute Gasteiger partial charge is 0.341 e. The van der Waals surface area contributed by atoms with Crippen molar-refractivity contribution in [2.45, 2.75) is 32.9 Å². The molecule has 17 heavy (non-hydrogen) atoms. The zero-order valence-electron chi connectivity index (χ0n) is 10.9. The Labute approximate surface area is 104 Å². The molecule has 0 saturated heterocycles. The zero-order chi connectivity index (χ0) is 12.7. The first-order valence-corrected chi connectivity index (χ1v) is 6.11. The van der Waals surface area contributed by atoms with Crippen LogP contribution in [0.15, 0.2) is 30.3 Å². The fourth-order valence-corrected chi connectivity index (χ4v) is 1.60. The van der Waals surface area contributed by atoms with Gasteiger partial charge in [-0.2, -0.15) is 0 Å². The summed E-state index contributed by atoms with van der Waals surface area (Å²) in [6.45, 7) is 5.59. The summed E-state index contributed by atoms with van der Waals surface area (Å²) in [5.41, 5.74) is 1.17. The van der Waals surface area contributed by atoms with Crippen LogP contribution in [-0.2, 0) is 11.3 Å². The van der Waals surface area contributed by atoms with Crippen LogP contribution in [0.2, 0.25) is 0 Å². The van der Waals surface area contributed by atoms with E-state index in [-0.39, 0.29) is 5.91 Å². The number of rotatable bonds is 6. The van der Waals surface area contributed by atoms with Gasteiger partial charge in [0.2, 0.25) is 5.91 Å². The summed E-state index contributed by atoms with van der Waals surface area (Å²) in [4.78, 5) is 13.6. The molecule has 0 radical (unpaired) electrons. The van der Waals surface area contributed by atoms with Gasteiger partial charge in [-0.1, -0.05) is 44.2 Å². The number of nitrogens with one attached hydrogen (secondary N) is 1. The summed E-state index contributed by atoms with van der Waals surface area (Å²) in [6.07, 6.45) is 0.557. The highest BCUT2D eigenvalue weighted by Gasteiger charge is 2.08. The predicted molar refractivity (Wildman–Crippen MR) is 70.7 cm³/mol. The van der Waals surface area contributed by atoms with Gasteiger partial charge in [-0.3, -0.25) is 4.79 Å². The van der Waals surface area contributed by atoms with Crippen molar-refractivity contribution in [1.29, 1.82) is 0 Å². The molecule has 0 fully saturated rings. The summed E-state index contributed by atoms with van der Waals surface area (Å²) < 4.78 is 0. The van der Waals surface area contributed by atoms with E-state index < -0.39 is 0 Å². The van der Waals surface area contributed by atoms with Gasteiger partial charge in [-0.15, -0.1) is 0 Å². The Morgan fingerprint density at radius 1 is 1.29 bits per heavy atom. The molecule has 0 atom stereocenters. The fraction of sp³-hybridized carbons (Fsp3) is 0.500. The molecular formula is C14H22N2O. The third-order valence-corrected chi connectivity index (χ3v) is 2.58. The van der Waals surface area contributed by atoms with E-state index >= 15 is 0 Å². The normalized spacial score (nSPS) is 10.6. The van der Waals surface area contributed by atoms with Crippen LogP contribution in [0, 0.1) is 0 Å². The first-order chi connectivity index (χ1) is 8.09. The van der Waals surface area contributed by atoms with Gasteiger partial charge in [0, 0.05) is 32.6 Å². The van der Waals surface area contributed by atoms with Crippen molar-refractivity contribution in [1.82, 2.24) is 10.2 Å². The Morgan fingerprint density at radius 3 is 2.53 bits per heavy atom. The maximum Gasteiger partial charge on any atom is 0.223 e. The Bertz CT molecular complexity index is 335. The van der Waals surface area contributed by atoms with Gasteiger partial charge in [-0.25, -0.2) is 0 Å². The molecule has 0 saturated carbocycles. The molecule has 0 bridgehead atoms. The van der Waals surface area contributed by atoms with E-state index in [9.17, 15) is 4.79 Å². The minimum absolute atomic E-state index is 0.182. The highest BCUT2D eigenvalue weighted by atomic mass is 16.2. The summed E-state index contributed by atoms with van der Waals surface area (Å²) >= 11 is 0. The smallest absolute Gasteiger partial charge is 0.223 e. The van der Waals surface area contributed by atoms with E-state index in [1.165, 1.54) is 5.56 Å². The molecule has 0 aliphatic heterocycles. The molecule has 0 aliphatic rings. The van der Waals surface area contributed by atoms with Crippen molar-refractivity contribution in [3.05, 3.63) is 35.9 Å². The van der Waals surface area contributed by atoms with E-state index in [4.69, 9.17) is 0 Å². The number of nitrogens with zero attached hydrogens (tertiary/aromatic N) is 1. The van der Waals surface area contributed by atoms with Crippen molar-refractivity contribution < 1.29 is 4.79 Å². The zero-order valence-corrected chi connectivity index (χ0v) is 10.9. The standard InChI is InChI=1S/C14H22N2O/c1-12(2)15-10-9-14(17)16(3)11-13-7-5-4-6-8-13/h4-8,12,15H,9-11H2,1-3H3. The van der Waals surface area contributed by atoms with Crippen LogP contribution in [0.25, 0.3) is 0 Å². The number of benzene rings is 1. The van der Waals surface area contributed by atoms with Crippen molar-refractivity contribution in [2.75, 3.05) is 13.6 Å². The number of amides is 1. The van der Waals surface area contributed by atoms with Crippen LogP contribution in [0.5, 0.6) is 0 Å². The average Bonchev–Trinajstić information content (AvgIpc) is 2.29. The molecule has 0 aliphatic carbocycles. The predicted octanol–water partition coefficient (Wildman–Crippen LogP) is 2.03. The number of hydrogen-bond donors (Lipinski definition) is 1. The molecule has 1 amide bonds. The lowest BCUT2D eigenvalue weighted by molar-refractivity contribution is -0.130. The number of carbonyl (C=O) groups is 1. The third kappa shape index (κ3) is 5.50. The highest BCUT2D eigenvalue weighted by Crippen LogP contribution is 2.03. The quantitative estimate of drug-likeness (QED) is 0.817. The lowest BCUT2D eigenvalue weighted by atomic mass is 10.2. The molecule has 1 aromatic rings. The maximum atomic E-state index is 11.8. The topological polar surface area (TPSA) is 32.3 Å². The van der Waals surface area contributed by atoms with E-state index in [2.05, 4.69) is 19.2 Å². The van der Waals surface area contributed by atoms with E-state index in [1.54, 1.807) is 4.90 Å². The molecule has 0 heterocycles. The van der Waals surface area contributed by atoms with Crippen LogP contribution < -0.4 is 5.32 Å². The second kappa shape index (κ2) is 7.07. The van der Waals surface area contributed by atoms with E-state index in [0.29, 0.717) is 19.0 Å². The van der Waals surface area contributed by atoms with E-state index in [1.807, 2.05) is 37.4 Å². The number of carbonyl (C=O) groups excluding carboxylic acids is 1. The lowest BCUT2D eigenvalue weighted by Gasteiger charge is -2.18. The number of hydrogen-bond acceptors (Lipinski definition) is 2. The lowest BCUT2D eigenvalue weighted by Crippen LogP contribution is -2.31. The average molecular weight is 234 g/mol. The molecular weight excluding hydrogens is 212 g/mol. The van der Waals surface area contributed by atoms with Gasteiger partial charge in [0.05, 0.1) is 0 Å². The Morgan fingerprint density at radius 2 is 1.94 bits per heavy atom. The molecule has 1 N–H and O–H groups in total. The summed E-state index contributed by atoms with van der Waals surface area (Å²) in [7, 11) is 1.85. The second-order valence-electron chi connectivity index (χ2n) is 4.59. The summed E-state index contributed by atoms with van der Waals surface area (Å²) in [5, 5.41) is 3.25. The van der Waals surface area contributed by atoms with Gasteiger partial charge >= 0.3 is 0 Å². The maximum absolute atomic E-state index is 11.8. The van der Waals surface area contributed by atoms with Crippen LogP contribution >= 0.6 is 0 Å². The first kappa shape index (κ1) is 13.7. The van der Waals surface area contributed by atoms with Crippen LogP contribution in [0.1, 0.15) is 25.8 Å². The van der Waals surface area contributed by atoms with Crippen LogP contribution in [0.4, 0.5) is 0 Å². The molecule has 0 aromatic heterocycles. The van der Waals surface area contributed by atoms with E-state index in [0.717, 1.165) is 6.54 Å². The van der Waals surface area contributed by atoms with Crippen molar-refractivity contribution in [2.24, 2.45) is 0 Å².